The first-order valence-corrected chi connectivity index (χ1v) is 9.88. The monoisotopic (exact) mass is 395 g/mol. The molecule has 7 heteroatoms. The molecular formula is C22H25N3O4. The van der Waals surface area contributed by atoms with E-state index in [0.29, 0.717) is 37.3 Å². The van der Waals surface area contributed by atoms with E-state index in [1.54, 1.807) is 10.6 Å². The number of para-hydroxylation sites is 2. The number of amides is 1. The molecular weight excluding hydrogens is 370 g/mol. The van der Waals surface area contributed by atoms with Gasteiger partial charge in [0, 0.05) is 37.4 Å². The maximum Gasteiger partial charge on any atom is 0.420 e. The fourth-order valence-electron chi connectivity index (χ4n) is 3.79. The predicted octanol–water partition coefficient (Wildman–Crippen LogP) is 2.96. The summed E-state index contributed by atoms with van der Waals surface area (Å²) in [5.74, 6) is -0.335. The number of carbonyl (C=O) groups excluding carboxylic acids is 1. The van der Waals surface area contributed by atoms with Crippen LogP contribution in [0.15, 0.2) is 57.7 Å². The number of nitrogens with zero attached hydrogens (tertiary/aromatic N) is 2. The Labute approximate surface area is 168 Å². The molecule has 1 fully saturated rings. The maximum absolute atomic E-state index is 12.7. The van der Waals surface area contributed by atoms with Crippen molar-refractivity contribution in [2.24, 2.45) is 0 Å². The lowest BCUT2D eigenvalue weighted by atomic mass is 10.1. The standard InChI is InChI=1S/C22H25N3O4/c1-15-13-24(14-16(2)28-15)21(26)17-7-9-18(10-8-17)23-11-12-25-19-5-3-4-6-20(19)29-22(25)27/h3-10,15-16,23H,11-14H2,1-2H3. The number of aromatic nitrogens is 1. The van der Waals surface area contributed by atoms with Gasteiger partial charge in [-0.15, -0.1) is 0 Å². The zero-order valence-corrected chi connectivity index (χ0v) is 16.6. The van der Waals surface area contributed by atoms with E-state index in [1.807, 2.05) is 61.2 Å². The first-order valence-electron chi connectivity index (χ1n) is 9.88. The quantitative estimate of drug-likeness (QED) is 0.719. The Bertz CT molecular complexity index is 1040. The molecule has 152 valence electrons. The lowest BCUT2D eigenvalue weighted by Crippen LogP contribution is -2.48. The molecule has 2 unspecified atom stereocenters. The SMILES string of the molecule is CC1CN(C(=O)c2ccc(NCCn3c(=O)oc4ccccc43)cc2)CC(C)O1. The van der Waals surface area contributed by atoms with Gasteiger partial charge in [-0.25, -0.2) is 4.79 Å². The smallest absolute Gasteiger partial charge is 0.408 e. The Balaban J connectivity index is 1.36. The molecule has 0 aliphatic carbocycles. The van der Waals surface area contributed by atoms with E-state index < -0.39 is 0 Å². The fraction of sp³-hybridized carbons (Fsp3) is 0.364. The molecule has 7 nitrogen and oxygen atoms in total. The Morgan fingerprint density at radius 3 is 2.48 bits per heavy atom. The molecule has 2 atom stereocenters. The third kappa shape index (κ3) is 4.19. The van der Waals surface area contributed by atoms with Gasteiger partial charge in [-0.1, -0.05) is 12.1 Å². The summed E-state index contributed by atoms with van der Waals surface area (Å²) in [4.78, 5) is 26.6. The molecule has 0 spiro atoms. The largest absolute Gasteiger partial charge is 0.420 e. The summed E-state index contributed by atoms with van der Waals surface area (Å²) in [5.41, 5.74) is 2.93. The number of benzene rings is 2. The summed E-state index contributed by atoms with van der Waals surface area (Å²) >= 11 is 0. The second-order valence-corrected chi connectivity index (χ2v) is 7.46. The number of carbonyl (C=O) groups is 1. The predicted molar refractivity (Wildman–Crippen MR) is 111 cm³/mol. The minimum absolute atomic E-state index is 0.0231. The minimum Gasteiger partial charge on any atom is -0.408 e. The average Bonchev–Trinajstić information content (AvgIpc) is 3.02. The van der Waals surface area contributed by atoms with Crippen molar-refractivity contribution in [3.63, 3.8) is 0 Å². The van der Waals surface area contributed by atoms with Crippen LogP contribution in [0.4, 0.5) is 5.69 Å². The van der Waals surface area contributed by atoms with Gasteiger partial charge in [0.15, 0.2) is 5.58 Å². The fourth-order valence-corrected chi connectivity index (χ4v) is 3.79. The third-order valence-corrected chi connectivity index (χ3v) is 5.08. The van der Waals surface area contributed by atoms with E-state index >= 15 is 0 Å². The highest BCUT2D eigenvalue weighted by Crippen LogP contribution is 2.17. The Morgan fingerprint density at radius 1 is 1.07 bits per heavy atom. The van der Waals surface area contributed by atoms with E-state index in [-0.39, 0.29) is 23.9 Å². The highest BCUT2D eigenvalue weighted by molar-refractivity contribution is 5.94. The van der Waals surface area contributed by atoms with Crippen molar-refractivity contribution in [3.05, 3.63) is 64.6 Å². The number of anilines is 1. The lowest BCUT2D eigenvalue weighted by molar-refractivity contribution is -0.0586. The number of fused-ring (bicyclic) bond motifs is 1. The minimum atomic E-state index is -0.358. The summed E-state index contributed by atoms with van der Waals surface area (Å²) < 4.78 is 12.6. The molecule has 2 heterocycles. The first kappa shape index (κ1) is 19.3. The lowest BCUT2D eigenvalue weighted by Gasteiger charge is -2.35. The summed E-state index contributed by atoms with van der Waals surface area (Å²) in [5, 5.41) is 3.29. The number of ether oxygens (including phenoxy) is 1. The van der Waals surface area contributed by atoms with E-state index in [1.165, 1.54) is 0 Å². The molecule has 1 aromatic heterocycles. The Morgan fingerprint density at radius 2 is 1.76 bits per heavy atom. The molecule has 1 N–H and O–H groups in total. The highest BCUT2D eigenvalue weighted by atomic mass is 16.5. The van der Waals surface area contributed by atoms with Crippen molar-refractivity contribution in [1.29, 1.82) is 0 Å². The van der Waals surface area contributed by atoms with Crippen LogP contribution < -0.4 is 11.1 Å². The van der Waals surface area contributed by atoms with E-state index in [9.17, 15) is 9.59 Å². The van der Waals surface area contributed by atoms with Crippen molar-refractivity contribution < 1.29 is 13.9 Å². The van der Waals surface area contributed by atoms with Crippen LogP contribution >= 0.6 is 0 Å². The number of oxazole rings is 1. The number of rotatable bonds is 5. The van der Waals surface area contributed by atoms with Gasteiger partial charge in [0.2, 0.25) is 0 Å². The summed E-state index contributed by atoms with van der Waals surface area (Å²) in [6.07, 6.45) is 0.0945. The van der Waals surface area contributed by atoms with Gasteiger partial charge in [0.05, 0.1) is 17.7 Å². The Hall–Kier alpha value is -3.06. The van der Waals surface area contributed by atoms with Crippen LogP contribution in [0.3, 0.4) is 0 Å². The summed E-state index contributed by atoms with van der Waals surface area (Å²) in [6.45, 7) is 6.23. The molecule has 0 saturated carbocycles. The molecule has 0 bridgehead atoms. The van der Waals surface area contributed by atoms with Crippen molar-refractivity contribution in [2.75, 3.05) is 25.0 Å². The molecule has 4 rings (SSSR count). The molecule has 1 aliphatic rings. The second kappa shape index (κ2) is 8.13. The van der Waals surface area contributed by atoms with Crippen LogP contribution in [0, 0.1) is 0 Å². The molecule has 1 amide bonds. The normalized spacial score (nSPS) is 19.4. The van der Waals surface area contributed by atoms with Gasteiger partial charge in [-0.3, -0.25) is 9.36 Å². The maximum atomic E-state index is 12.7. The number of nitrogens with one attached hydrogen (secondary N) is 1. The number of hydrogen-bond acceptors (Lipinski definition) is 5. The molecule has 0 radical (unpaired) electrons. The number of hydrogen-bond donors (Lipinski definition) is 1. The van der Waals surface area contributed by atoms with E-state index in [0.717, 1.165) is 11.2 Å². The first-order chi connectivity index (χ1) is 14.0. The van der Waals surface area contributed by atoms with Gasteiger partial charge < -0.3 is 19.4 Å². The average molecular weight is 395 g/mol. The van der Waals surface area contributed by atoms with Crippen molar-refractivity contribution in [3.8, 4) is 0 Å². The molecule has 2 aromatic carbocycles. The van der Waals surface area contributed by atoms with Gasteiger partial charge in [-0.05, 0) is 50.2 Å². The van der Waals surface area contributed by atoms with Crippen LogP contribution in [-0.4, -0.2) is 47.2 Å². The van der Waals surface area contributed by atoms with Crippen LogP contribution in [0.25, 0.3) is 11.1 Å². The van der Waals surface area contributed by atoms with Crippen molar-refractivity contribution in [1.82, 2.24) is 9.47 Å². The Kier molecular flexibility index (Phi) is 5.40. The van der Waals surface area contributed by atoms with Crippen LogP contribution in [0.1, 0.15) is 24.2 Å². The topological polar surface area (TPSA) is 76.7 Å². The van der Waals surface area contributed by atoms with Gasteiger partial charge in [0.1, 0.15) is 0 Å². The zero-order valence-electron chi connectivity index (χ0n) is 16.6. The molecule has 29 heavy (non-hydrogen) atoms. The van der Waals surface area contributed by atoms with Crippen LogP contribution in [-0.2, 0) is 11.3 Å². The second-order valence-electron chi connectivity index (χ2n) is 7.46. The van der Waals surface area contributed by atoms with Gasteiger partial charge in [0.25, 0.3) is 5.91 Å². The molecule has 1 saturated heterocycles. The van der Waals surface area contributed by atoms with Gasteiger partial charge >= 0.3 is 5.76 Å². The molecule has 1 aliphatic heterocycles. The highest BCUT2D eigenvalue weighted by Gasteiger charge is 2.26. The third-order valence-electron chi connectivity index (χ3n) is 5.08. The van der Waals surface area contributed by atoms with Gasteiger partial charge in [-0.2, -0.15) is 0 Å². The number of morpholine rings is 1. The van der Waals surface area contributed by atoms with E-state index in [2.05, 4.69) is 5.32 Å². The van der Waals surface area contributed by atoms with Crippen molar-refractivity contribution >= 4 is 22.7 Å². The summed E-state index contributed by atoms with van der Waals surface area (Å²) in [7, 11) is 0. The zero-order chi connectivity index (χ0) is 20.4. The molecule has 3 aromatic rings. The van der Waals surface area contributed by atoms with Crippen LogP contribution in [0.5, 0.6) is 0 Å². The van der Waals surface area contributed by atoms with Crippen molar-refractivity contribution in [2.45, 2.75) is 32.6 Å². The van der Waals surface area contributed by atoms with Crippen LogP contribution in [0.2, 0.25) is 0 Å². The van der Waals surface area contributed by atoms with E-state index in [4.69, 9.17) is 9.15 Å². The summed E-state index contributed by atoms with van der Waals surface area (Å²) in [6, 6.07) is 14.8.